The molecule has 0 heterocycles. The Balaban J connectivity index is 2.81. The van der Waals surface area contributed by atoms with Gasteiger partial charge in [-0.2, -0.15) is 8.42 Å². The van der Waals surface area contributed by atoms with Crippen LogP contribution in [0.15, 0.2) is 24.3 Å². The average molecular weight is 235 g/mol. The van der Waals surface area contributed by atoms with Crippen molar-refractivity contribution in [2.75, 3.05) is 0 Å². The molecule has 0 aliphatic carbocycles. The van der Waals surface area contributed by atoms with Gasteiger partial charge in [0.15, 0.2) is 0 Å². The van der Waals surface area contributed by atoms with Gasteiger partial charge in [-0.25, -0.2) is 0 Å². The molecule has 1 aromatic rings. The van der Waals surface area contributed by atoms with Crippen molar-refractivity contribution in [3.05, 3.63) is 34.9 Å². The van der Waals surface area contributed by atoms with Gasteiger partial charge in [0.2, 0.25) is 0 Å². The van der Waals surface area contributed by atoms with Gasteiger partial charge in [-0.3, -0.25) is 9.35 Å². The molecule has 1 rings (SSSR count). The molecule has 0 spiro atoms. The topological polar surface area (TPSA) is 71.4 Å². The summed E-state index contributed by atoms with van der Waals surface area (Å²) in [7, 11) is -4.58. The highest BCUT2D eigenvalue weighted by Crippen LogP contribution is 2.10. The Morgan fingerprint density at radius 2 is 1.79 bits per heavy atom. The molecule has 0 unspecified atom stereocenters. The minimum Gasteiger partial charge on any atom is -0.280 e. The largest absolute Gasteiger partial charge is 0.329 e. The fraction of sp³-hybridized carbons (Fsp3) is 0.125. The molecule has 0 atom stereocenters. The van der Waals surface area contributed by atoms with Gasteiger partial charge in [0.1, 0.15) is 0 Å². The molecule has 0 saturated heterocycles. The van der Waals surface area contributed by atoms with Crippen LogP contribution in [0.4, 0.5) is 0 Å². The molecule has 0 saturated carbocycles. The van der Waals surface area contributed by atoms with Crippen LogP contribution in [0.3, 0.4) is 0 Å². The second kappa shape index (κ2) is 4.08. The van der Waals surface area contributed by atoms with Crippen molar-refractivity contribution in [2.45, 2.75) is 6.42 Å². The number of rotatable bonds is 2. The second-order valence-corrected chi connectivity index (χ2v) is 4.49. The van der Waals surface area contributed by atoms with E-state index in [4.69, 9.17) is 16.2 Å². The summed E-state index contributed by atoms with van der Waals surface area (Å²) in [6.07, 6.45) is -0.351. The molecule has 6 heteroatoms. The zero-order chi connectivity index (χ0) is 10.8. The summed E-state index contributed by atoms with van der Waals surface area (Å²) in [6, 6.07) is 6.11. The Kier molecular flexibility index (Phi) is 3.25. The highest BCUT2D eigenvalue weighted by Gasteiger charge is 2.18. The van der Waals surface area contributed by atoms with Crippen LogP contribution in [-0.4, -0.2) is 18.1 Å². The molecule has 4 nitrogen and oxygen atoms in total. The molecule has 14 heavy (non-hydrogen) atoms. The highest BCUT2D eigenvalue weighted by molar-refractivity contribution is 8.01. The molecular weight excluding hydrogens is 228 g/mol. The standard InChI is InChI=1S/C8H7ClO4S/c9-7-3-1-6(2-4-7)5-8(10)14(11,12)13/h1-4H,5H2,(H,11,12,13). The van der Waals surface area contributed by atoms with Crippen molar-refractivity contribution < 1.29 is 17.8 Å². The number of hydrogen-bond donors (Lipinski definition) is 1. The molecule has 0 radical (unpaired) electrons. The smallest absolute Gasteiger partial charge is 0.280 e. The maximum absolute atomic E-state index is 10.8. The van der Waals surface area contributed by atoms with Gasteiger partial charge in [-0.1, -0.05) is 23.7 Å². The molecule has 0 bridgehead atoms. The lowest BCUT2D eigenvalue weighted by Gasteiger charge is -1.98. The first kappa shape index (κ1) is 11.2. The van der Waals surface area contributed by atoms with Crippen molar-refractivity contribution in [3.63, 3.8) is 0 Å². The highest BCUT2D eigenvalue weighted by atomic mass is 35.5. The molecular formula is C8H7ClO4S. The molecule has 0 aromatic heterocycles. The van der Waals surface area contributed by atoms with Gasteiger partial charge in [0, 0.05) is 11.4 Å². The van der Waals surface area contributed by atoms with E-state index >= 15 is 0 Å². The molecule has 1 N–H and O–H groups in total. The van der Waals surface area contributed by atoms with Crippen LogP contribution >= 0.6 is 11.6 Å². The summed E-state index contributed by atoms with van der Waals surface area (Å²) in [5.74, 6) is 0. The van der Waals surface area contributed by atoms with E-state index in [0.29, 0.717) is 10.6 Å². The molecule has 0 fully saturated rings. The van der Waals surface area contributed by atoms with Crippen molar-refractivity contribution in [3.8, 4) is 0 Å². The summed E-state index contributed by atoms with van der Waals surface area (Å²) in [5, 5.41) is -0.729. The summed E-state index contributed by atoms with van der Waals surface area (Å²) >= 11 is 5.59. The van der Waals surface area contributed by atoms with E-state index in [-0.39, 0.29) is 6.42 Å². The third kappa shape index (κ3) is 3.10. The lowest BCUT2D eigenvalue weighted by Crippen LogP contribution is -2.15. The van der Waals surface area contributed by atoms with E-state index in [2.05, 4.69) is 0 Å². The zero-order valence-corrected chi connectivity index (χ0v) is 8.55. The van der Waals surface area contributed by atoms with E-state index in [9.17, 15) is 13.2 Å². The first-order valence-electron chi connectivity index (χ1n) is 3.64. The third-order valence-electron chi connectivity index (χ3n) is 1.55. The maximum atomic E-state index is 10.8. The van der Waals surface area contributed by atoms with E-state index < -0.39 is 15.2 Å². The van der Waals surface area contributed by atoms with Gasteiger partial charge in [0.25, 0.3) is 5.12 Å². The number of carbonyl (C=O) groups excluding carboxylic acids is 1. The van der Waals surface area contributed by atoms with Gasteiger partial charge >= 0.3 is 10.1 Å². The van der Waals surface area contributed by atoms with Crippen molar-refractivity contribution >= 4 is 26.8 Å². The normalized spacial score (nSPS) is 11.3. The predicted molar refractivity (Wildman–Crippen MR) is 51.7 cm³/mol. The Labute approximate surface area is 86.3 Å². The van der Waals surface area contributed by atoms with Crippen molar-refractivity contribution in [1.82, 2.24) is 0 Å². The summed E-state index contributed by atoms with van der Waals surface area (Å²) in [5.41, 5.74) is 0.483. The van der Waals surface area contributed by atoms with E-state index in [1.54, 1.807) is 0 Å². The molecule has 0 aliphatic rings. The third-order valence-corrected chi connectivity index (χ3v) is 2.52. The van der Waals surface area contributed by atoms with Crippen molar-refractivity contribution in [1.29, 1.82) is 0 Å². The molecule has 76 valence electrons. The van der Waals surface area contributed by atoms with Gasteiger partial charge in [-0.15, -0.1) is 0 Å². The zero-order valence-electron chi connectivity index (χ0n) is 6.97. The van der Waals surface area contributed by atoms with E-state index in [0.717, 1.165) is 0 Å². The average Bonchev–Trinajstić information content (AvgIpc) is 2.07. The monoisotopic (exact) mass is 234 g/mol. The summed E-state index contributed by atoms with van der Waals surface area (Å²) in [6.45, 7) is 0. The predicted octanol–water partition coefficient (Wildman–Crippen LogP) is 1.30. The SMILES string of the molecule is O=C(Cc1ccc(Cl)cc1)S(=O)(=O)O. The van der Waals surface area contributed by atoms with Crippen LogP contribution in [0, 0.1) is 0 Å². The van der Waals surface area contributed by atoms with E-state index in [1.165, 1.54) is 24.3 Å². The minimum atomic E-state index is -4.58. The van der Waals surface area contributed by atoms with Crippen LogP contribution < -0.4 is 0 Å². The maximum Gasteiger partial charge on any atom is 0.329 e. The lowest BCUT2D eigenvalue weighted by molar-refractivity contribution is -0.111. The van der Waals surface area contributed by atoms with Gasteiger partial charge in [-0.05, 0) is 17.7 Å². The Morgan fingerprint density at radius 3 is 2.21 bits per heavy atom. The fourth-order valence-corrected chi connectivity index (χ4v) is 1.34. The number of benzene rings is 1. The van der Waals surface area contributed by atoms with Crippen LogP contribution in [0.25, 0.3) is 0 Å². The van der Waals surface area contributed by atoms with Gasteiger partial charge < -0.3 is 0 Å². The van der Waals surface area contributed by atoms with E-state index in [1.807, 2.05) is 0 Å². The van der Waals surface area contributed by atoms with Gasteiger partial charge in [0.05, 0.1) is 0 Å². The number of carbonyl (C=O) groups is 1. The minimum absolute atomic E-state index is 0.351. The van der Waals surface area contributed by atoms with Crippen LogP contribution in [0.1, 0.15) is 5.56 Å². The quantitative estimate of drug-likeness (QED) is 0.783. The first-order valence-corrected chi connectivity index (χ1v) is 5.46. The van der Waals surface area contributed by atoms with Crippen LogP contribution in [-0.2, 0) is 21.3 Å². The second-order valence-electron chi connectivity index (χ2n) is 2.65. The molecule has 0 amide bonds. The number of hydrogen-bond acceptors (Lipinski definition) is 3. The summed E-state index contributed by atoms with van der Waals surface area (Å²) in [4.78, 5) is 10.8. The summed E-state index contributed by atoms with van der Waals surface area (Å²) < 4.78 is 29.2. The Morgan fingerprint density at radius 1 is 1.29 bits per heavy atom. The molecule has 0 aliphatic heterocycles. The van der Waals surface area contributed by atoms with Crippen LogP contribution in [0.2, 0.25) is 5.02 Å². The van der Waals surface area contributed by atoms with Crippen molar-refractivity contribution in [2.24, 2.45) is 0 Å². The van der Waals surface area contributed by atoms with Crippen LogP contribution in [0.5, 0.6) is 0 Å². The lowest BCUT2D eigenvalue weighted by atomic mass is 10.2. The fourth-order valence-electron chi connectivity index (χ4n) is 0.860. The first-order chi connectivity index (χ1) is 6.39. The number of halogens is 1. The Hall–Kier alpha value is -0.910. The molecule has 1 aromatic carbocycles. The Bertz CT molecular complexity index is 435.